The maximum Gasteiger partial charge on any atom is 0.221 e. The summed E-state index contributed by atoms with van der Waals surface area (Å²) in [5.41, 5.74) is 3.99. The second kappa shape index (κ2) is 5.37. The van der Waals surface area contributed by atoms with Crippen molar-refractivity contribution in [1.82, 2.24) is 4.98 Å². The quantitative estimate of drug-likeness (QED) is 0.528. The first-order valence-corrected chi connectivity index (χ1v) is 6.77. The van der Waals surface area contributed by atoms with Crippen LogP contribution in [-0.4, -0.2) is 10.8 Å². The molecule has 2 heterocycles. The number of aromatic nitrogens is 1. The number of benzene rings is 1. The molecule has 0 saturated carbocycles. The summed E-state index contributed by atoms with van der Waals surface area (Å²) in [6.45, 7) is 3.99. The topological polar surface area (TPSA) is 43.1 Å². The van der Waals surface area contributed by atoms with Crippen molar-refractivity contribution in [2.24, 2.45) is 0 Å². The summed E-state index contributed by atoms with van der Waals surface area (Å²) in [4.78, 5) is 16.5. The molecular weight excluding hydrogens is 262 g/mol. The largest absolute Gasteiger partial charge is 0.461 e. The van der Waals surface area contributed by atoms with Gasteiger partial charge in [-0.1, -0.05) is 11.6 Å². The summed E-state index contributed by atoms with van der Waals surface area (Å²) in [5.74, 6) is 0.192. The molecule has 0 N–H and O–H groups in total. The molecule has 21 heavy (non-hydrogen) atoms. The second-order valence-electron chi connectivity index (χ2n) is 5.03. The lowest BCUT2D eigenvalue weighted by molar-refractivity contribution is 0.102. The van der Waals surface area contributed by atoms with E-state index in [4.69, 9.17) is 4.42 Å². The molecule has 0 spiro atoms. The molecule has 0 saturated heterocycles. The minimum Gasteiger partial charge on any atom is -0.461 e. The number of rotatable bonds is 3. The van der Waals surface area contributed by atoms with E-state index in [-0.39, 0.29) is 5.78 Å². The molecule has 3 rings (SSSR count). The van der Waals surface area contributed by atoms with Gasteiger partial charge in [-0.15, -0.1) is 0 Å². The van der Waals surface area contributed by atoms with Gasteiger partial charge in [0.1, 0.15) is 0 Å². The Morgan fingerprint density at radius 1 is 1.19 bits per heavy atom. The predicted octanol–water partition coefficient (Wildman–Crippen LogP) is 4.34. The number of ketones is 1. The highest BCUT2D eigenvalue weighted by atomic mass is 16.3. The second-order valence-corrected chi connectivity index (χ2v) is 5.03. The van der Waals surface area contributed by atoms with E-state index in [1.807, 2.05) is 19.1 Å². The van der Waals surface area contributed by atoms with Gasteiger partial charge >= 0.3 is 0 Å². The maximum absolute atomic E-state index is 11.9. The van der Waals surface area contributed by atoms with Crippen LogP contribution in [0, 0.1) is 13.8 Å². The fraction of sp³-hybridized carbons (Fsp3) is 0.111. The molecule has 0 bridgehead atoms. The van der Waals surface area contributed by atoms with Crippen LogP contribution >= 0.6 is 0 Å². The standard InChI is InChI=1S/C18H15NO2/c1-12-5-7-16-15(10-12)11-14(13(2)19-16)6-8-17(20)18-4-3-9-21-18/h3-11H,1-2H3/b8-6+. The molecule has 0 radical (unpaired) electrons. The molecule has 0 atom stereocenters. The molecule has 0 aliphatic heterocycles. The lowest BCUT2D eigenvalue weighted by Gasteiger charge is -2.04. The average Bonchev–Trinajstić information content (AvgIpc) is 2.99. The molecule has 0 fully saturated rings. The molecule has 3 nitrogen and oxygen atoms in total. The number of furan rings is 1. The van der Waals surface area contributed by atoms with E-state index >= 15 is 0 Å². The summed E-state index contributed by atoms with van der Waals surface area (Å²) in [6, 6.07) is 11.6. The Morgan fingerprint density at radius 2 is 2.05 bits per heavy atom. The number of allylic oxidation sites excluding steroid dienone is 1. The first-order chi connectivity index (χ1) is 10.1. The molecule has 0 unspecified atom stereocenters. The zero-order valence-electron chi connectivity index (χ0n) is 12.0. The van der Waals surface area contributed by atoms with E-state index in [2.05, 4.69) is 24.0 Å². The zero-order valence-corrected chi connectivity index (χ0v) is 12.0. The Labute approximate surface area is 122 Å². The normalized spacial score (nSPS) is 11.3. The molecule has 3 aromatic rings. The van der Waals surface area contributed by atoms with Gasteiger partial charge in [0.05, 0.1) is 11.8 Å². The van der Waals surface area contributed by atoms with Crippen molar-refractivity contribution >= 4 is 22.8 Å². The van der Waals surface area contributed by atoms with E-state index in [9.17, 15) is 4.79 Å². The Morgan fingerprint density at radius 3 is 2.81 bits per heavy atom. The van der Waals surface area contributed by atoms with Crippen molar-refractivity contribution in [3.8, 4) is 0 Å². The lowest BCUT2D eigenvalue weighted by atomic mass is 10.1. The van der Waals surface area contributed by atoms with Gasteiger partial charge in [-0.2, -0.15) is 0 Å². The summed E-state index contributed by atoms with van der Waals surface area (Å²) < 4.78 is 5.08. The van der Waals surface area contributed by atoms with Crippen molar-refractivity contribution in [3.63, 3.8) is 0 Å². The van der Waals surface area contributed by atoms with Gasteiger partial charge in [0.15, 0.2) is 5.76 Å². The van der Waals surface area contributed by atoms with Crippen LogP contribution < -0.4 is 0 Å². The van der Waals surface area contributed by atoms with Crippen LogP contribution in [-0.2, 0) is 0 Å². The first kappa shape index (κ1) is 13.3. The number of nitrogens with zero attached hydrogens (tertiary/aromatic N) is 1. The van der Waals surface area contributed by atoms with Crippen LogP contribution in [0.1, 0.15) is 27.4 Å². The predicted molar refractivity (Wildman–Crippen MR) is 83.3 cm³/mol. The van der Waals surface area contributed by atoms with Crippen molar-refractivity contribution in [2.45, 2.75) is 13.8 Å². The van der Waals surface area contributed by atoms with Crippen molar-refractivity contribution in [2.75, 3.05) is 0 Å². The third-order valence-electron chi connectivity index (χ3n) is 3.38. The summed E-state index contributed by atoms with van der Waals surface area (Å²) >= 11 is 0. The third kappa shape index (κ3) is 2.77. The number of carbonyl (C=O) groups is 1. The number of fused-ring (bicyclic) bond motifs is 1. The number of aryl methyl sites for hydroxylation is 2. The van der Waals surface area contributed by atoms with Gasteiger partial charge < -0.3 is 4.42 Å². The van der Waals surface area contributed by atoms with E-state index in [1.165, 1.54) is 17.9 Å². The van der Waals surface area contributed by atoms with Gasteiger partial charge in [-0.05, 0) is 61.9 Å². The zero-order chi connectivity index (χ0) is 14.8. The van der Waals surface area contributed by atoms with Gasteiger partial charge in [-0.25, -0.2) is 0 Å². The molecule has 104 valence electrons. The van der Waals surface area contributed by atoms with E-state index in [1.54, 1.807) is 18.2 Å². The smallest absolute Gasteiger partial charge is 0.221 e. The maximum atomic E-state index is 11.9. The minimum atomic E-state index is -0.149. The number of carbonyl (C=O) groups excluding carboxylic acids is 1. The van der Waals surface area contributed by atoms with Crippen LogP contribution in [0.5, 0.6) is 0 Å². The lowest BCUT2D eigenvalue weighted by Crippen LogP contribution is -1.92. The highest BCUT2D eigenvalue weighted by Crippen LogP contribution is 2.19. The molecule has 3 heteroatoms. The Bertz CT molecular complexity index is 830. The van der Waals surface area contributed by atoms with Crippen LogP contribution in [0.2, 0.25) is 0 Å². The van der Waals surface area contributed by atoms with Gasteiger partial charge in [0.2, 0.25) is 5.78 Å². The van der Waals surface area contributed by atoms with Gasteiger partial charge in [0, 0.05) is 11.1 Å². The molecule has 0 aliphatic rings. The molecular formula is C18H15NO2. The van der Waals surface area contributed by atoms with E-state index in [0.29, 0.717) is 5.76 Å². The number of hydrogen-bond donors (Lipinski definition) is 0. The van der Waals surface area contributed by atoms with E-state index in [0.717, 1.165) is 22.2 Å². The van der Waals surface area contributed by atoms with Crippen LogP contribution in [0.3, 0.4) is 0 Å². The van der Waals surface area contributed by atoms with Gasteiger partial charge in [-0.3, -0.25) is 9.78 Å². The highest BCUT2D eigenvalue weighted by molar-refractivity contribution is 6.05. The SMILES string of the molecule is Cc1ccc2nc(C)c(/C=C/C(=O)c3ccco3)cc2c1. The Balaban J connectivity index is 1.96. The number of pyridine rings is 1. The van der Waals surface area contributed by atoms with Crippen molar-refractivity contribution in [1.29, 1.82) is 0 Å². The summed E-state index contributed by atoms with van der Waals surface area (Å²) in [6.07, 6.45) is 4.80. The molecule has 0 aliphatic carbocycles. The third-order valence-corrected chi connectivity index (χ3v) is 3.38. The Kier molecular flexibility index (Phi) is 3.40. The van der Waals surface area contributed by atoms with Crippen molar-refractivity contribution in [3.05, 3.63) is 71.3 Å². The summed E-state index contributed by atoms with van der Waals surface area (Å²) in [7, 11) is 0. The highest BCUT2D eigenvalue weighted by Gasteiger charge is 2.05. The molecule has 0 amide bonds. The van der Waals surface area contributed by atoms with E-state index < -0.39 is 0 Å². The minimum absolute atomic E-state index is 0.149. The Hall–Kier alpha value is -2.68. The van der Waals surface area contributed by atoms with Crippen LogP contribution in [0.25, 0.3) is 17.0 Å². The monoisotopic (exact) mass is 277 g/mol. The number of hydrogen-bond acceptors (Lipinski definition) is 3. The van der Waals surface area contributed by atoms with Crippen molar-refractivity contribution < 1.29 is 9.21 Å². The summed E-state index contributed by atoms with van der Waals surface area (Å²) in [5, 5.41) is 1.07. The fourth-order valence-corrected chi connectivity index (χ4v) is 2.24. The first-order valence-electron chi connectivity index (χ1n) is 6.77. The average molecular weight is 277 g/mol. The van der Waals surface area contributed by atoms with Crippen LogP contribution in [0.15, 0.2) is 53.2 Å². The fourth-order valence-electron chi connectivity index (χ4n) is 2.24. The van der Waals surface area contributed by atoms with Gasteiger partial charge in [0.25, 0.3) is 0 Å². The molecule has 1 aromatic carbocycles. The van der Waals surface area contributed by atoms with Crippen LogP contribution in [0.4, 0.5) is 0 Å². The molecule has 2 aromatic heterocycles.